The van der Waals surface area contributed by atoms with Crippen molar-refractivity contribution >= 4 is 64.2 Å². The highest BCUT2D eigenvalue weighted by Crippen LogP contribution is 2.37. The highest BCUT2D eigenvalue weighted by molar-refractivity contribution is 8.00. The van der Waals surface area contributed by atoms with E-state index in [-0.39, 0.29) is 12.6 Å². The Kier molecular flexibility index (Phi) is 6.74. The fourth-order valence-electron chi connectivity index (χ4n) is 3.39. The number of carboxylic acids is 1. The zero-order chi connectivity index (χ0) is 22.7. The molecule has 0 fully saturated rings. The molecule has 4 rings (SSSR count). The van der Waals surface area contributed by atoms with Crippen molar-refractivity contribution in [3.05, 3.63) is 76.5 Å². The van der Waals surface area contributed by atoms with Crippen molar-refractivity contribution < 1.29 is 14.7 Å². The number of aromatic nitrogens is 1. The third kappa shape index (κ3) is 5.27. The molecule has 2 amide bonds. The molecule has 1 aliphatic heterocycles. The predicted octanol–water partition coefficient (Wildman–Crippen LogP) is 5.58. The standard InChI is InChI=1S/C22H18Cl2N4O3S/c23-15-9-16(24)11-19(10-15)32-28(13-21(29)30)18-3-4-20-14(8-18)5-7-27(20)22(31)26-17-2-1-6-25-12-17/h1-4,6,8-12H,5,7,13H2,(H,26,31)(H,29,30). The average molecular weight is 489 g/mol. The molecular weight excluding hydrogens is 471 g/mol. The van der Waals surface area contributed by atoms with Crippen LogP contribution in [0.15, 0.2) is 65.8 Å². The van der Waals surface area contributed by atoms with Gasteiger partial charge in [0.2, 0.25) is 0 Å². The fourth-order valence-corrected chi connectivity index (χ4v) is 5.05. The molecule has 0 saturated carbocycles. The lowest BCUT2D eigenvalue weighted by Gasteiger charge is -2.23. The van der Waals surface area contributed by atoms with E-state index in [1.165, 1.54) is 11.9 Å². The number of benzene rings is 2. The van der Waals surface area contributed by atoms with Crippen molar-refractivity contribution in [2.45, 2.75) is 11.3 Å². The monoisotopic (exact) mass is 488 g/mol. The number of hydrogen-bond acceptors (Lipinski definition) is 5. The van der Waals surface area contributed by atoms with Gasteiger partial charge in [0, 0.05) is 39.1 Å². The minimum Gasteiger partial charge on any atom is -0.480 e. The Bertz CT molecular complexity index is 1140. The number of fused-ring (bicyclic) bond motifs is 1. The second-order valence-corrected chi connectivity index (χ2v) is 8.98. The molecule has 0 atom stereocenters. The van der Waals surface area contributed by atoms with E-state index >= 15 is 0 Å². The smallest absolute Gasteiger partial charge is 0.326 e. The number of anilines is 3. The maximum absolute atomic E-state index is 12.7. The van der Waals surface area contributed by atoms with Gasteiger partial charge in [-0.05, 0) is 72.5 Å². The van der Waals surface area contributed by atoms with Crippen molar-refractivity contribution in [2.75, 3.05) is 27.6 Å². The number of carbonyl (C=O) groups excluding carboxylic acids is 1. The van der Waals surface area contributed by atoms with E-state index in [0.29, 0.717) is 34.4 Å². The quantitative estimate of drug-likeness (QED) is 0.440. The third-order valence-electron chi connectivity index (χ3n) is 4.74. The van der Waals surface area contributed by atoms with Crippen molar-refractivity contribution in [1.29, 1.82) is 0 Å². The number of hydrogen-bond donors (Lipinski definition) is 2. The fraction of sp³-hybridized carbons (Fsp3) is 0.136. The number of carboxylic acid groups (broad SMARTS) is 1. The van der Waals surface area contributed by atoms with Crippen molar-refractivity contribution in [2.24, 2.45) is 0 Å². The Labute approximate surface area is 199 Å². The summed E-state index contributed by atoms with van der Waals surface area (Å²) in [5.74, 6) is -0.969. The summed E-state index contributed by atoms with van der Waals surface area (Å²) >= 11 is 13.4. The van der Waals surface area contributed by atoms with Crippen LogP contribution in [0.5, 0.6) is 0 Å². The minimum absolute atomic E-state index is 0.223. The number of pyridine rings is 1. The largest absolute Gasteiger partial charge is 0.480 e. The first-order valence-electron chi connectivity index (χ1n) is 9.64. The normalized spacial score (nSPS) is 12.4. The summed E-state index contributed by atoms with van der Waals surface area (Å²) in [6.45, 7) is 0.305. The number of nitrogens with one attached hydrogen (secondary N) is 1. The van der Waals surface area contributed by atoms with Crippen molar-refractivity contribution in [1.82, 2.24) is 4.98 Å². The molecule has 0 bridgehead atoms. The van der Waals surface area contributed by atoms with E-state index in [1.807, 2.05) is 12.1 Å². The summed E-state index contributed by atoms with van der Waals surface area (Å²) in [6.07, 6.45) is 3.89. The number of aliphatic carboxylic acids is 1. The van der Waals surface area contributed by atoms with E-state index in [4.69, 9.17) is 23.2 Å². The number of urea groups is 1. The van der Waals surface area contributed by atoms with Gasteiger partial charge in [0.15, 0.2) is 0 Å². The Morgan fingerprint density at radius 3 is 2.62 bits per heavy atom. The molecule has 7 nitrogen and oxygen atoms in total. The maximum Gasteiger partial charge on any atom is 0.326 e. The van der Waals surface area contributed by atoms with Crippen LogP contribution in [0.2, 0.25) is 10.0 Å². The van der Waals surface area contributed by atoms with Crippen LogP contribution in [0.4, 0.5) is 21.9 Å². The van der Waals surface area contributed by atoms with Crippen LogP contribution >= 0.6 is 35.1 Å². The van der Waals surface area contributed by atoms with E-state index in [1.54, 1.807) is 58.0 Å². The highest BCUT2D eigenvalue weighted by Gasteiger charge is 2.26. The molecule has 0 aliphatic carbocycles. The van der Waals surface area contributed by atoms with Gasteiger partial charge in [-0.25, -0.2) is 4.79 Å². The number of amides is 2. The van der Waals surface area contributed by atoms with Gasteiger partial charge in [-0.15, -0.1) is 0 Å². The zero-order valence-electron chi connectivity index (χ0n) is 16.7. The minimum atomic E-state index is -0.969. The van der Waals surface area contributed by atoms with Crippen LogP contribution in [0, 0.1) is 0 Å². The summed E-state index contributed by atoms with van der Waals surface area (Å²) in [7, 11) is 0. The van der Waals surface area contributed by atoms with Gasteiger partial charge in [0.1, 0.15) is 6.54 Å². The van der Waals surface area contributed by atoms with Crippen LogP contribution in [0.3, 0.4) is 0 Å². The summed E-state index contributed by atoms with van der Waals surface area (Å²) in [5, 5.41) is 13.2. The zero-order valence-corrected chi connectivity index (χ0v) is 19.0. The molecule has 0 saturated heterocycles. The van der Waals surface area contributed by atoms with E-state index in [9.17, 15) is 14.7 Å². The van der Waals surface area contributed by atoms with Crippen LogP contribution in [0.1, 0.15) is 5.56 Å². The lowest BCUT2D eigenvalue weighted by molar-refractivity contribution is -0.135. The van der Waals surface area contributed by atoms with E-state index in [2.05, 4.69) is 10.3 Å². The molecule has 2 N–H and O–H groups in total. The predicted molar refractivity (Wildman–Crippen MR) is 128 cm³/mol. The van der Waals surface area contributed by atoms with Gasteiger partial charge < -0.3 is 14.7 Å². The third-order valence-corrected chi connectivity index (χ3v) is 6.18. The first-order valence-corrected chi connectivity index (χ1v) is 11.2. The second-order valence-electron chi connectivity index (χ2n) is 7.01. The molecule has 1 aromatic heterocycles. The van der Waals surface area contributed by atoms with Crippen LogP contribution < -0.4 is 14.5 Å². The Hall–Kier alpha value is -2.94. The highest BCUT2D eigenvalue weighted by atomic mass is 35.5. The first kappa shape index (κ1) is 22.3. The Morgan fingerprint density at radius 1 is 1.16 bits per heavy atom. The number of rotatable bonds is 6. The lowest BCUT2D eigenvalue weighted by Crippen LogP contribution is -2.33. The molecule has 2 aromatic carbocycles. The van der Waals surface area contributed by atoms with E-state index in [0.717, 1.165) is 16.1 Å². The maximum atomic E-state index is 12.7. The van der Waals surface area contributed by atoms with E-state index < -0.39 is 5.97 Å². The van der Waals surface area contributed by atoms with Gasteiger partial charge >= 0.3 is 12.0 Å². The van der Waals surface area contributed by atoms with Crippen LogP contribution in [-0.4, -0.2) is 35.2 Å². The molecule has 0 unspecified atom stereocenters. The first-order chi connectivity index (χ1) is 15.4. The van der Waals surface area contributed by atoms with Gasteiger partial charge in [0.05, 0.1) is 11.9 Å². The SMILES string of the molecule is O=C(O)CN(Sc1cc(Cl)cc(Cl)c1)c1ccc2c(c1)CCN2C(=O)Nc1cccnc1. The topological polar surface area (TPSA) is 85.8 Å². The summed E-state index contributed by atoms with van der Waals surface area (Å²) in [5.41, 5.74) is 3.08. The Morgan fingerprint density at radius 2 is 1.94 bits per heavy atom. The molecule has 164 valence electrons. The van der Waals surface area contributed by atoms with Gasteiger partial charge in [-0.3, -0.25) is 14.7 Å². The molecular formula is C22H18Cl2N4O3S. The van der Waals surface area contributed by atoms with Gasteiger partial charge in [0.25, 0.3) is 0 Å². The molecule has 0 spiro atoms. The molecule has 32 heavy (non-hydrogen) atoms. The number of halogens is 2. The number of nitrogens with zero attached hydrogens (tertiary/aromatic N) is 3. The van der Waals surface area contributed by atoms with Crippen molar-refractivity contribution in [3.8, 4) is 0 Å². The number of carbonyl (C=O) groups is 2. The Balaban J connectivity index is 1.55. The molecule has 0 radical (unpaired) electrons. The van der Waals surface area contributed by atoms with Crippen LogP contribution in [0.25, 0.3) is 0 Å². The van der Waals surface area contributed by atoms with Gasteiger partial charge in [-0.2, -0.15) is 0 Å². The lowest BCUT2D eigenvalue weighted by atomic mass is 10.1. The van der Waals surface area contributed by atoms with Crippen molar-refractivity contribution in [3.63, 3.8) is 0 Å². The summed E-state index contributed by atoms with van der Waals surface area (Å²) in [6, 6.07) is 13.9. The summed E-state index contributed by atoms with van der Waals surface area (Å²) in [4.78, 5) is 30.6. The summed E-state index contributed by atoms with van der Waals surface area (Å²) < 4.78 is 1.66. The average Bonchev–Trinajstić information content (AvgIpc) is 3.16. The molecule has 10 heteroatoms. The van der Waals surface area contributed by atoms with Crippen LogP contribution in [-0.2, 0) is 11.2 Å². The molecule has 1 aliphatic rings. The van der Waals surface area contributed by atoms with Gasteiger partial charge in [-0.1, -0.05) is 23.2 Å². The molecule has 3 aromatic rings. The second kappa shape index (κ2) is 9.68. The molecule has 2 heterocycles.